The number of nitrogens with one attached hydrogen (secondary N) is 1. The number of hydrogen-bond donors (Lipinski definition) is 1. The summed E-state index contributed by atoms with van der Waals surface area (Å²) in [4.78, 5) is 4.57. The summed E-state index contributed by atoms with van der Waals surface area (Å²) in [7, 11) is 0. The van der Waals surface area contributed by atoms with E-state index >= 15 is 0 Å². The minimum Gasteiger partial charge on any atom is -0.361 e. The molecule has 0 saturated carbocycles. The van der Waals surface area contributed by atoms with Crippen molar-refractivity contribution in [1.29, 1.82) is 0 Å². The molecule has 1 aliphatic heterocycles. The van der Waals surface area contributed by atoms with Crippen molar-refractivity contribution >= 4 is 28.7 Å². The Labute approximate surface area is 95.7 Å². The molecule has 0 spiro atoms. The number of aliphatic imine (C=N–C) groups is 1. The third kappa shape index (κ3) is 3.73. The molecular weight excluding hydrogens is 212 g/mol. The van der Waals surface area contributed by atoms with Crippen LogP contribution in [-0.4, -0.2) is 35.0 Å². The summed E-state index contributed by atoms with van der Waals surface area (Å²) in [5.41, 5.74) is 0. The molecular formula is C10H20N2S2. The molecule has 4 heteroatoms. The van der Waals surface area contributed by atoms with Crippen molar-refractivity contribution in [3.8, 4) is 0 Å². The van der Waals surface area contributed by atoms with Gasteiger partial charge in [-0.3, -0.25) is 4.99 Å². The molecule has 0 amide bonds. The first-order valence-corrected chi connectivity index (χ1v) is 7.37. The molecule has 1 fully saturated rings. The average molecular weight is 232 g/mol. The van der Waals surface area contributed by atoms with Crippen LogP contribution in [0.2, 0.25) is 0 Å². The monoisotopic (exact) mass is 232 g/mol. The molecule has 14 heavy (non-hydrogen) atoms. The lowest BCUT2D eigenvalue weighted by Crippen LogP contribution is -2.31. The Kier molecular flexibility index (Phi) is 5.17. The number of rotatable bonds is 4. The Bertz CT molecular complexity index is 204. The quantitative estimate of drug-likeness (QED) is 0.806. The average Bonchev–Trinajstić information content (AvgIpc) is 2.62. The standard InChI is InChI=1S/C10H20N2S2/c1-7(2)9-6-14-10(12-9)11-5-8(3)13-4/h7-9H,5-6H2,1-4H3,(H,11,12). The SMILES string of the molecule is CSC(C)CN=C1NC(C(C)C)CS1. The Balaban J connectivity index is 2.34. The molecule has 0 aliphatic carbocycles. The molecule has 0 aromatic carbocycles. The first-order chi connectivity index (χ1) is 6.63. The largest absolute Gasteiger partial charge is 0.361 e. The fourth-order valence-electron chi connectivity index (χ4n) is 1.15. The van der Waals surface area contributed by atoms with Crippen LogP contribution >= 0.6 is 23.5 Å². The van der Waals surface area contributed by atoms with Crippen LogP contribution in [0.5, 0.6) is 0 Å². The van der Waals surface area contributed by atoms with Gasteiger partial charge in [0.05, 0.1) is 6.54 Å². The number of amidine groups is 1. The molecule has 1 N–H and O–H groups in total. The van der Waals surface area contributed by atoms with Crippen LogP contribution in [0, 0.1) is 5.92 Å². The summed E-state index contributed by atoms with van der Waals surface area (Å²) in [6, 6.07) is 0.614. The van der Waals surface area contributed by atoms with E-state index in [1.807, 2.05) is 23.5 Å². The van der Waals surface area contributed by atoms with Gasteiger partial charge in [-0.15, -0.1) is 0 Å². The van der Waals surface area contributed by atoms with Gasteiger partial charge in [0, 0.05) is 17.0 Å². The van der Waals surface area contributed by atoms with E-state index in [9.17, 15) is 0 Å². The van der Waals surface area contributed by atoms with Crippen molar-refractivity contribution in [1.82, 2.24) is 5.32 Å². The fraction of sp³-hybridized carbons (Fsp3) is 0.900. The topological polar surface area (TPSA) is 24.4 Å². The van der Waals surface area contributed by atoms with Crippen molar-refractivity contribution in [2.45, 2.75) is 32.1 Å². The molecule has 0 aromatic heterocycles. The van der Waals surface area contributed by atoms with E-state index in [1.54, 1.807) is 0 Å². The highest BCUT2D eigenvalue weighted by atomic mass is 32.2. The maximum Gasteiger partial charge on any atom is 0.156 e. The molecule has 2 nitrogen and oxygen atoms in total. The van der Waals surface area contributed by atoms with Crippen LogP contribution in [0.25, 0.3) is 0 Å². The van der Waals surface area contributed by atoms with Gasteiger partial charge in [-0.2, -0.15) is 11.8 Å². The Morgan fingerprint density at radius 3 is 2.79 bits per heavy atom. The third-order valence-electron chi connectivity index (χ3n) is 2.41. The highest BCUT2D eigenvalue weighted by molar-refractivity contribution is 8.14. The smallest absolute Gasteiger partial charge is 0.156 e. The van der Waals surface area contributed by atoms with Crippen LogP contribution in [-0.2, 0) is 0 Å². The highest BCUT2D eigenvalue weighted by Gasteiger charge is 2.22. The van der Waals surface area contributed by atoms with Gasteiger partial charge in [0.2, 0.25) is 0 Å². The molecule has 0 aromatic rings. The van der Waals surface area contributed by atoms with Crippen LogP contribution in [0.15, 0.2) is 4.99 Å². The molecule has 1 aliphatic rings. The summed E-state index contributed by atoms with van der Waals surface area (Å²) >= 11 is 3.73. The van der Waals surface area contributed by atoms with Crippen molar-refractivity contribution in [2.75, 3.05) is 18.6 Å². The van der Waals surface area contributed by atoms with E-state index in [0.717, 1.165) is 11.7 Å². The van der Waals surface area contributed by atoms with Gasteiger partial charge in [0.15, 0.2) is 5.17 Å². The fourth-order valence-corrected chi connectivity index (χ4v) is 2.58. The van der Waals surface area contributed by atoms with E-state index in [1.165, 1.54) is 5.75 Å². The normalized spacial score (nSPS) is 26.9. The van der Waals surface area contributed by atoms with Crippen molar-refractivity contribution in [3.63, 3.8) is 0 Å². The summed E-state index contributed by atoms with van der Waals surface area (Å²) in [6.07, 6.45) is 2.14. The summed E-state index contributed by atoms with van der Waals surface area (Å²) in [5, 5.41) is 5.24. The second-order valence-corrected chi connectivity index (χ2v) is 6.28. The minimum atomic E-state index is 0.614. The van der Waals surface area contributed by atoms with Gasteiger partial charge in [0.1, 0.15) is 0 Å². The second kappa shape index (κ2) is 5.91. The summed E-state index contributed by atoms with van der Waals surface area (Å²) in [6.45, 7) is 7.66. The minimum absolute atomic E-state index is 0.614. The second-order valence-electron chi connectivity index (χ2n) is 4.00. The summed E-state index contributed by atoms with van der Waals surface area (Å²) in [5.74, 6) is 1.87. The number of thioether (sulfide) groups is 2. The molecule has 82 valence electrons. The Hall–Kier alpha value is 0.170. The van der Waals surface area contributed by atoms with Gasteiger partial charge in [-0.1, -0.05) is 32.5 Å². The molecule has 2 atom stereocenters. The van der Waals surface area contributed by atoms with E-state index in [2.05, 4.69) is 37.3 Å². The predicted molar refractivity (Wildman–Crippen MR) is 69.5 cm³/mol. The maximum atomic E-state index is 4.57. The van der Waals surface area contributed by atoms with E-state index in [0.29, 0.717) is 17.2 Å². The predicted octanol–water partition coefficient (Wildman–Crippen LogP) is 2.45. The van der Waals surface area contributed by atoms with E-state index < -0.39 is 0 Å². The highest BCUT2D eigenvalue weighted by Crippen LogP contribution is 2.19. The van der Waals surface area contributed by atoms with Crippen LogP contribution in [0.1, 0.15) is 20.8 Å². The molecule has 0 radical (unpaired) electrons. The maximum absolute atomic E-state index is 4.57. The lowest BCUT2D eigenvalue weighted by molar-refractivity contribution is 0.503. The number of nitrogens with zero attached hydrogens (tertiary/aromatic N) is 1. The molecule has 1 saturated heterocycles. The lowest BCUT2D eigenvalue weighted by atomic mass is 10.1. The lowest BCUT2D eigenvalue weighted by Gasteiger charge is -2.13. The van der Waals surface area contributed by atoms with Crippen LogP contribution in [0.4, 0.5) is 0 Å². The van der Waals surface area contributed by atoms with Gasteiger partial charge in [0.25, 0.3) is 0 Å². The van der Waals surface area contributed by atoms with Crippen molar-refractivity contribution in [3.05, 3.63) is 0 Å². The molecule has 0 bridgehead atoms. The van der Waals surface area contributed by atoms with Crippen molar-refractivity contribution < 1.29 is 0 Å². The first kappa shape index (κ1) is 12.2. The number of hydrogen-bond acceptors (Lipinski definition) is 3. The van der Waals surface area contributed by atoms with Crippen LogP contribution < -0.4 is 5.32 Å². The Morgan fingerprint density at radius 2 is 2.29 bits per heavy atom. The molecule has 1 rings (SSSR count). The van der Waals surface area contributed by atoms with Gasteiger partial charge in [-0.25, -0.2) is 0 Å². The van der Waals surface area contributed by atoms with Gasteiger partial charge < -0.3 is 5.32 Å². The third-order valence-corrected chi connectivity index (χ3v) is 4.41. The molecule has 1 heterocycles. The van der Waals surface area contributed by atoms with E-state index in [4.69, 9.17) is 0 Å². The van der Waals surface area contributed by atoms with Crippen molar-refractivity contribution in [2.24, 2.45) is 10.9 Å². The van der Waals surface area contributed by atoms with E-state index in [-0.39, 0.29) is 0 Å². The zero-order valence-corrected chi connectivity index (χ0v) is 11.0. The molecule has 2 unspecified atom stereocenters. The van der Waals surface area contributed by atoms with Crippen LogP contribution in [0.3, 0.4) is 0 Å². The zero-order valence-electron chi connectivity index (χ0n) is 9.41. The van der Waals surface area contributed by atoms with Gasteiger partial charge >= 0.3 is 0 Å². The Morgan fingerprint density at radius 1 is 1.57 bits per heavy atom. The van der Waals surface area contributed by atoms with Gasteiger partial charge in [-0.05, 0) is 12.2 Å². The zero-order chi connectivity index (χ0) is 10.6. The first-order valence-electron chi connectivity index (χ1n) is 5.10. The summed E-state index contributed by atoms with van der Waals surface area (Å²) < 4.78 is 0.